The van der Waals surface area contributed by atoms with Crippen LogP contribution in [0.4, 0.5) is 5.82 Å². The van der Waals surface area contributed by atoms with E-state index in [4.69, 9.17) is 0 Å². The van der Waals surface area contributed by atoms with Crippen molar-refractivity contribution in [2.75, 3.05) is 5.32 Å². The van der Waals surface area contributed by atoms with Gasteiger partial charge in [0.05, 0.1) is 0 Å². The van der Waals surface area contributed by atoms with Crippen molar-refractivity contribution in [3.63, 3.8) is 0 Å². The van der Waals surface area contributed by atoms with Gasteiger partial charge in [0.1, 0.15) is 22.8 Å². The average molecular weight is 285 g/mol. The second-order valence-corrected chi connectivity index (χ2v) is 4.69. The summed E-state index contributed by atoms with van der Waals surface area (Å²) in [5.41, 5.74) is 0. The number of rotatable bonds is 4. The number of anilines is 1. The van der Waals surface area contributed by atoms with Gasteiger partial charge in [0.2, 0.25) is 5.91 Å². The quantitative estimate of drug-likeness (QED) is 0.819. The summed E-state index contributed by atoms with van der Waals surface area (Å²) in [5.74, 6) is 0.651. The maximum absolute atomic E-state index is 11.7. The van der Waals surface area contributed by atoms with Crippen molar-refractivity contribution in [1.29, 1.82) is 0 Å². The zero-order valence-corrected chi connectivity index (χ0v) is 10.5. The largest absolute Gasteiger partial charge is 0.358 e. The maximum atomic E-state index is 11.7. The Morgan fingerprint density at radius 3 is 2.94 bits per heavy atom. The third-order valence-corrected chi connectivity index (χ3v) is 2.75. The van der Waals surface area contributed by atoms with E-state index in [0.29, 0.717) is 16.5 Å². The van der Waals surface area contributed by atoms with E-state index in [1.165, 1.54) is 6.33 Å². The summed E-state index contributed by atoms with van der Waals surface area (Å²) in [6.45, 7) is 1.81. The molecule has 1 aromatic rings. The molecule has 1 aromatic heterocycles. The number of hydrogen-bond acceptors (Lipinski definition) is 4. The molecule has 1 aliphatic rings. The number of carbonyl (C=O) groups excluding carboxylic acids is 1. The van der Waals surface area contributed by atoms with Crippen molar-refractivity contribution in [1.82, 2.24) is 15.3 Å². The predicted molar refractivity (Wildman–Crippen MR) is 64.0 cm³/mol. The van der Waals surface area contributed by atoms with E-state index >= 15 is 0 Å². The lowest BCUT2D eigenvalue weighted by molar-refractivity contribution is -0.121. The molecule has 1 amide bonds. The van der Waals surface area contributed by atoms with E-state index in [2.05, 4.69) is 36.5 Å². The van der Waals surface area contributed by atoms with Gasteiger partial charge in [-0.3, -0.25) is 4.79 Å². The minimum Gasteiger partial charge on any atom is -0.358 e. The SMILES string of the molecule is CC(Nc1cc(Br)ncn1)C(=O)NC1CC1. The van der Waals surface area contributed by atoms with Gasteiger partial charge >= 0.3 is 0 Å². The number of amides is 1. The third kappa shape index (κ3) is 3.16. The summed E-state index contributed by atoms with van der Waals surface area (Å²) in [6.07, 6.45) is 3.63. The van der Waals surface area contributed by atoms with Crippen molar-refractivity contribution in [2.45, 2.75) is 31.8 Å². The zero-order chi connectivity index (χ0) is 11.5. The molecule has 6 heteroatoms. The topological polar surface area (TPSA) is 66.9 Å². The van der Waals surface area contributed by atoms with Gasteiger partial charge in [-0.2, -0.15) is 0 Å². The molecule has 2 N–H and O–H groups in total. The molecule has 0 aromatic carbocycles. The molecule has 0 radical (unpaired) electrons. The van der Waals surface area contributed by atoms with Crippen molar-refractivity contribution in [3.05, 3.63) is 17.0 Å². The van der Waals surface area contributed by atoms with Gasteiger partial charge in [-0.15, -0.1) is 0 Å². The van der Waals surface area contributed by atoms with Gasteiger partial charge in [-0.05, 0) is 35.7 Å². The Bertz CT molecular complexity index is 394. The number of halogens is 1. The fourth-order valence-corrected chi connectivity index (χ4v) is 1.56. The summed E-state index contributed by atoms with van der Waals surface area (Å²) < 4.78 is 0.694. The minimum absolute atomic E-state index is 0.0113. The molecule has 2 rings (SSSR count). The molecular formula is C10H13BrN4O. The van der Waals surface area contributed by atoms with Crippen molar-refractivity contribution < 1.29 is 4.79 Å². The highest BCUT2D eigenvalue weighted by Gasteiger charge is 2.25. The van der Waals surface area contributed by atoms with Crippen LogP contribution in [-0.4, -0.2) is 28.0 Å². The summed E-state index contributed by atoms with van der Waals surface area (Å²) in [4.78, 5) is 19.6. The van der Waals surface area contributed by atoms with Gasteiger partial charge < -0.3 is 10.6 Å². The second kappa shape index (κ2) is 4.78. The Hall–Kier alpha value is -1.17. The molecular weight excluding hydrogens is 272 g/mol. The maximum Gasteiger partial charge on any atom is 0.242 e. The number of hydrogen-bond donors (Lipinski definition) is 2. The first-order chi connectivity index (χ1) is 7.65. The van der Waals surface area contributed by atoms with Crippen molar-refractivity contribution in [3.8, 4) is 0 Å². The summed E-state index contributed by atoms with van der Waals surface area (Å²) in [5, 5.41) is 5.95. The number of aromatic nitrogens is 2. The first kappa shape index (κ1) is 11.3. The normalized spacial score (nSPS) is 16.6. The first-order valence-electron chi connectivity index (χ1n) is 5.19. The Labute approximate surface area is 102 Å². The Kier molecular flexibility index (Phi) is 3.38. The summed E-state index contributed by atoms with van der Waals surface area (Å²) in [7, 11) is 0. The van der Waals surface area contributed by atoms with E-state index in [9.17, 15) is 4.79 Å². The standard InChI is InChI=1S/C10H13BrN4O/c1-6(10(16)15-7-2-3-7)14-9-4-8(11)12-5-13-9/h4-7H,2-3H2,1H3,(H,15,16)(H,12,13,14). The Morgan fingerprint density at radius 1 is 1.56 bits per heavy atom. The molecule has 0 spiro atoms. The molecule has 0 bridgehead atoms. The van der Waals surface area contributed by atoms with Crippen LogP contribution < -0.4 is 10.6 Å². The average Bonchev–Trinajstić information content (AvgIpc) is 3.01. The molecule has 1 aliphatic carbocycles. The molecule has 0 aliphatic heterocycles. The van der Waals surface area contributed by atoms with Crippen LogP contribution in [0.2, 0.25) is 0 Å². The van der Waals surface area contributed by atoms with Gasteiger partial charge in [0.25, 0.3) is 0 Å². The van der Waals surface area contributed by atoms with E-state index in [1.807, 2.05) is 6.92 Å². The highest BCUT2D eigenvalue weighted by molar-refractivity contribution is 9.10. The molecule has 1 atom stereocenters. The monoisotopic (exact) mass is 284 g/mol. The molecule has 5 nitrogen and oxygen atoms in total. The van der Waals surface area contributed by atoms with Crippen LogP contribution >= 0.6 is 15.9 Å². The summed E-state index contributed by atoms with van der Waals surface area (Å²) in [6, 6.07) is 1.83. The van der Waals surface area contributed by atoms with Gasteiger partial charge in [-0.1, -0.05) is 0 Å². The van der Waals surface area contributed by atoms with E-state index in [-0.39, 0.29) is 11.9 Å². The number of nitrogens with zero attached hydrogens (tertiary/aromatic N) is 2. The number of carbonyl (C=O) groups is 1. The molecule has 1 unspecified atom stereocenters. The fourth-order valence-electron chi connectivity index (χ4n) is 1.25. The molecule has 86 valence electrons. The fraction of sp³-hybridized carbons (Fsp3) is 0.500. The lowest BCUT2D eigenvalue weighted by Crippen LogP contribution is -2.38. The van der Waals surface area contributed by atoms with E-state index in [1.54, 1.807) is 6.07 Å². The highest BCUT2D eigenvalue weighted by atomic mass is 79.9. The predicted octanol–water partition coefficient (Wildman–Crippen LogP) is 1.32. The van der Waals surface area contributed by atoms with Gasteiger partial charge in [0.15, 0.2) is 0 Å². The lowest BCUT2D eigenvalue weighted by atomic mass is 10.3. The first-order valence-corrected chi connectivity index (χ1v) is 5.99. The van der Waals surface area contributed by atoms with Crippen LogP contribution in [0.25, 0.3) is 0 Å². The second-order valence-electron chi connectivity index (χ2n) is 3.87. The Balaban J connectivity index is 1.90. The highest BCUT2D eigenvalue weighted by Crippen LogP contribution is 2.19. The summed E-state index contributed by atoms with van der Waals surface area (Å²) >= 11 is 3.25. The lowest BCUT2D eigenvalue weighted by Gasteiger charge is -2.14. The van der Waals surface area contributed by atoms with Gasteiger partial charge in [-0.25, -0.2) is 9.97 Å². The minimum atomic E-state index is -0.289. The Morgan fingerprint density at radius 2 is 2.31 bits per heavy atom. The third-order valence-electron chi connectivity index (χ3n) is 2.32. The van der Waals surface area contributed by atoms with Crippen LogP contribution in [0.3, 0.4) is 0 Å². The number of nitrogens with one attached hydrogen (secondary N) is 2. The van der Waals surface area contributed by atoms with Gasteiger partial charge in [0, 0.05) is 12.1 Å². The van der Waals surface area contributed by atoms with Crippen molar-refractivity contribution >= 4 is 27.7 Å². The van der Waals surface area contributed by atoms with Crippen LogP contribution in [-0.2, 0) is 4.79 Å². The smallest absolute Gasteiger partial charge is 0.242 e. The van der Waals surface area contributed by atoms with Crippen LogP contribution in [0, 0.1) is 0 Å². The zero-order valence-electron chi connectivity index (χ0n) is 8.90. The van der Waals surface area contributed by atoms with Crippen molar-refractivity contribution in [2.24, 2.45) is 0 Å². The molecule has 1 heterocycles. The van der Waals surface area contributed by atoms with E-state index in [0.717, 1.165) is 12.8 Å². The molecule has 1 saturated carbocycles. The van der Waals surface area contributed by atoms with Crippen LogP contribution in [0.5, 0.6) is 0 Å². The molecule has 16 heavy (non-hydrogen) atoms. The van der Waals surface area contributed by atoms with Crippen LogP contribution in [0.15, 0.2) is 17.0 Å². The van der Waals surface area contributed by atoms with Crippen LogP contribution in [0.1, 0.15) is 19.8 Å². The van der Waals surface area contributed by atoms with E-state index < -0.39 is 0 Å². The molecule has 0 saturated heterocycles. The molecule has 1 fully saturated rings.